The second-order valence-corrected chi connectivity index (χ2v) is 5.04. The Balaban J connectivity index is 2.24. The zero-order valence-electron chi connectivity index (χ0n) is 13.8. The number of hydrogen-bond acceptors (Lipinski definition) is 4. The lowest BCUT2D eigenvalue weighted by atomic mass is 10.1. The molecule has 0 atom stereocenters. The highest BCUT2D eigenvalue weighted by Gasteiger charge is 2.09. The van der Waals surface area contributed by atoms with E-state index in [4.69, 9.17) is 9.47 Å². The molecule has 1 N–H and O–H groups in total. The van der Waals surface area contributed by atoms with Crippen molar-refractivity contribution in [3.8, 4) is 11.5 Å². The summed E-state index contributed by atoms with van der Waals surface area (Å²) in [5.41, 5.74) is 1.73. The summed E-state index contributed by atoms with van der Waals surface area (Å²) in [5.74, 6) is 0.788. The van der Waals surface area contributed by atoms with Gasteiger partial charge in [-0.2, -0.15) is 0 Å². The van der Waals surface area contributed by atoms with Crippen LogP contribution in [-0.4, -0.2) is 25.9 Å². The van der Waals surface area contributed by atoms with E-state index in [2.05, 4.69) is 5.32 Å². The molecular weight excluding hydrogens is 306 g/mol. The molecular formula is C19H19NO4. The molecule has 0 fully saturated rings. The van der Waals surface area contributed by atoms with Gasteiger partial charge in [0.25, 0.3) is 0 Å². The van der Waals surface area contributed by atoms with Crippen LogP contribution in [0.4, 0.5) is 5.69 Å². The molecule has 2 rings (SSSR count). The zero-order valence-corrected chi connectivity index (χ0v) is 13.8. The molecule has 0 spiro atoms. The molecule has 0 aliphatic carbocycles. The average Bonchev–Trinajstić information content (AvgIpc) is 2.59. The van der Waals surface area contributed by atoms with E-state index in [1.807, 2.05) is 6.07 Å². The molecule has 0 radical (unpaired) electrons. The van der Waals surface area contributed by atoms with Crippen molar-refractivity contribution in [2.45, 2.75) is 6.92 Å². The normalized spacial score (nSPS) is 10.5. The topological polar surface area (TPSA) is 64.6 Å². The van der Waals surface area contributed by atoms with E-state index in [9.17, 15) is 9.59 Å². The molecule has 0 aliphatic rings. The predicted octanol–water partition coefficient (Wildman–Crippen LogP) is 3.56. The summed E-state index contributed by atoms with van der Waals surface area (Å²) in [7, 11) is 3.12. The number of ether oxygens (including phenoxy) is 2. The quantitative estimate of drug-likeness (QED) is 0.651. The number of rotatable bonds is 6. The predicted molar refractivity (Wildman–Crippen MR) is 93.7 cm³/mol. The second kappa shape index (κ2) is 7.97. The van der Waals surface area contributed by atoms with Crippen LogP contribution in [0.25, 0.3) is 6.08 Å². The number of benzene rings is 2. The SMILES string of the molecule is COc1ccc(/C=C/C(=O)c2ccccc2NC(C)=O)cc1OC. The summed E-state index contributed by atoms with van der Waals surface area (Å²) in [6.07, 6.45) is 3.15. The van der Waals surface area contributed by atoms with Gasteiger partial charge in [0.15, 0.2) is 17.3 Å². The number of amides is 1. The van der Waals surface area contributed by atoms with Crippen molar-refractivity contribution in [2.24, 2.45) is 0 Å². The van der Waals surface area contributed by atoms with Crippen LogP contribution in [0, 0.1) is 0 Å². The van der Waals surface area contributed by atoms with Gasteiger partial charge in [-0.15, -0.1) is 0 Å². The minimum atomic E-state index is -0.223. The first-order chi connectivity index (χ1) is 11.5. The monoisotopic (exact) mass is 325 g/mol. The molecule has 1 amide bonds. The average molecular weight is 325 g/mol. The van der Waals surface area contributed by atoms with Crippen LogP contribution in [0.5, 0.6) is 11.5 Å². The van der Waals surface area contributed by atoms with Crippen molar-refractivity contribution in [1.29, 1.82) is 0 Å². The zero-order chi connectivity index (χ0) is 17.5. The van der Waals surface area contributed by atoms with Crippen LogP contribution >= 0.6 is 0 Å². The number of allylic oxidation sites excluding steroid dienone is 1. The van der Waals surface area contributed by atoms with E-state index in [0.717, 1.165) is 5.56 Å². The van der Waals surface area contributed by atoms with Gasteiger partial charge in [0, 0.05) is 12.5 Å². The van der Waals surface area contributed by atoms with Crippen molar-refractivity contribution < 1.29 is 19.1 Å². The van der Waals surface area contributed by atoms with Crippen molar-refractivity contribution >= 4 is 23.5 Å². The molecule has 2 aromatic rings. The highest BCUT2D eigenvalue weighted by molar-refractivity contribution is 6.11. The molecule has 2 aromatic carbocycles. The maximum absolute atomic E-state index is 12.4. The molecule has 124 valence electrons. The van der Waals surface area contributed by atoms with Crippen LogP contribution < -0.4 is 14.8 Å². The number of carbonyl (C=O) groups excluding carboxylic acids is 2. The first-order valence-electron chi connectivity index (χ1n) is 7.36. The van der Waals surface area contributed by atoms with Crippen LogP contribution in [0.15, 0.2) is 48.5 Å². The fraction of sp³-hybridized carbons (Fsp3) is 0.158. The van der Waals surface area contributed by atoms with E-state index < -0.39 is 0 Å². The fourth-order valence-electron chi connectivity index (χ4n) is 2.21. The van der Waals surface area contributed by atoms with Crippen molar-refractivity contribution in [1.82, 2.24) is 0 Å². The number of ketones is 1. The van der Waals surface area contributed by atoms with Gasteiger partial charge in [0.1, 0.15) is 0 Å². The third-order valence-corrected chi connectivity index (χ3v) is 3.34. The first-order valence-corrected chi connectivity index (χ1v) is 7.36. The van der Waals surface area contributed by atoms with Gasteiger partial charge in [-0.3, -0.25) is 9.59 Å². The second-order valence-electron chi connectivity index (χ2n) is 5.04. The summed E-state index contributed by atoms with van der Waals surface area (Å²) >= 11 is 0. The molecule has 24 heavy (non-hydrogen) atoms. The van der Waals surface area contributed by atoms with E-state index in [1.54, 1.807) is 56.7 Å². The minimum Gasteiger partial charge on any atom is -0.493 e. The van der Waals surface area contributed by atoms with Crippen LogP contribution in [-0.2, 0) is 4.79 Å². The van der Waals surface area contributed by atoms with Crippen LogP contribution in [0.2, 0.25) is 0 Å². The Morgan fingerprint density at radius 3 is 2.38 bits per heavy atom. The van der Waals surface area contributed by atoms with Gasteiger partial charge >= 0.3 is 0 Å². The van der Waals surface area contributed by atoms with Crippen LogP contribution in [0.3, 0.4) is 0 Å². The molecule has 0 unspecified atom stereocenters. The molecule has 0 saturated carbocycles. The third kappa shape index (κ3) is 4.23. The summed E-state index contributed by atoms with van der Waals surface area (Å²) in [6.45, 7) is 1.40. The van der Waals surface area contributed by atoms with Gasteiger partial charge in [-0.25, -0.2) is 0 Å². The standard InChI is InChI=1S/C19H19NO4/c1-13(21)20-16-7-5-4-6-15(16)17(22)10-8-14-9-11-18(23-2)19(12-14)24-3/h4-12H,1-3H3,(H,20,21)/b10-8+. The Bertz CT molecular complexity index is 781. The van der Waals surface area contributed by atoms with E-state index in [-0.39, 0.29) is 11.7 Å². The molecule has 0 aromatic heterocycles. The molecule has 5 nitrogen and oxygen atoms in total. The van der Waals surface area contributed by atoms with Gasteiger partial charge in [-0.1, -0.05) is 24.3 Å². The van der Waals surface area contributed by atoms with E-state index in [1.165, 1.54) is 13.0 Å². The fourth-order valence-corrected chi connectivity index (χ4v) is 2.21. The van der Waals surface area contributed by atoms with E-state index >= 15 is 0 Å². The summed E-state index contributed by atoms with van der Waals surface area (Å²) < 4.78 is 10.4. The smallest absolute Gasteiger partial charge is 0.221 e. The maximum atomic E-state index is 12.4. The number of carbonyl (C=O) groups is 2. The molecule has 0 saturated heterocycles. The van der Waals surface area contributed by atoms with Crippen LogP contribution in [0.1, 0.15) is 22.8 Å². The highest BCUT2D eigenvalue weighted by atomic mass is 16.5. The molecule has 0 bridgehead atoms. The number of hydrogen-bond donors (Lipinski definition) is 1. The highest BCUT2D eigenvalue weighted by Crippen LogP contribution is 2.28. The maximum Gasteiger partial charge on any atom is 0.221 e. The Kier molecular flexibility index (Phi) is 5.73. The Morgan fingerprint density at radius 2 is 1.71 bits per heavy atom. The number of methoxy groups -OCH3 is 2. The lowest BCUT2D eigenvalue weighted by Gasteiger charge is -2.08. The molecule has 0 heterocycles. The molecule has 0 aliphatic heterocycles. The van der Waals surface area contributed by atoms with Crippen molar-refractivity contribution in [3.63, 3.8) is 0 Å². The lowest BCUT2D eigenvalue weighted by Crippen LogP contribution is -2.09. The van der Waals surface area contributed by atoms with Gasteiger partial charge in [-0.05, 0) is 35.9 Å². The lowest BCUT2D eigenvalue weighted by molar-refractivity contribution is -0.114. The summed E-state index contributed by atoms with van der Waals surface area (Å²) in [4.78, 5) is 23.6. The third-order valence-electron chi connectivity index (χ3n) is 3.34. The summed E-state index contributed by atoms with van der Waals surface area (Å²) in [5, 5.41) is 2.66. The Hall–Kier alpha value is -3.08. The van der Waals surface area contributed by atoms with Gasteiger partial charge in [0.05, 0.1) is 19.9 Å². The van der Waals surface area contributed by atoms with Gasteiger partial charge < -0.3 is 14.8 Å². The summed E-state index contributed by atoms with van der Waals surface area (Å²) in [6, 6.07) is 12.3. The number of para-hydroxylation sites is 1. The van der Waals surface area contributed by atoms with Crippen molar-refractivity contribution in [3.05, 3.63) is 59.7 Å². The Labute approximate surface area is 140 Å². The minimum absolute atomic E-state index is 0.200. The number of anilines is 1. The van der Waals surface area contributed by atoms with E-state index in [0.29, 0.717) is 22.7 Å². The Morgan fingerprint density at radius 1 is 1.00 bits per heavy atom. The largest absolute Gasteiger partial charge is 0.493 e. The first kappa shape index (κ1) is 17.3. The van der Waals surface area contributed by atoms with Crippen molar-refractivity contribution in [2.75, 3.05) is 19.5 Å². The molecule has 5 heteroatoms. The van der Waals surface area contributed by atoms with Gasteiger partial charge in [0.2, 0.25) is 5.91 Å². The number of nitrogens with one attached hydrogen (secondary N) is 1.